The molecule has 194 valence electrons. The average Bonchev–Trinajstić information content (AvgIpc) is 3.28. The third kappa shape index (κ3) is 4.35. The molecule has 3 saturated carbocycles. The number of anilines is 2. The van der Waals surface area contributed by atoms with Crippen molar-refractivity contribution in [2.24, 2.45) is 11.3 Å². The van der Waals surface area contributed by atoms with E-state index in [0.717, 1.165) is 47.5 Å². The van der Waals surface area contributed by atoms with Gasteiger partial charge in [0.1, 0.15) is 17.6 Å². The maximum absolute atomic E-state index is 13.8. The van der Waals surface area contributed by atoms with E-state index in [0.29, 0.717) is 28.3 Å². The molecular formula is C29H29ClFN7. The van der Waals surface area contributed by atoms with Gasteiger partial charge in [0.05, 0.1) is 39.6 Å². The van der Waals surface area contributed by atoms with E-state index < -0.39 is 0 Å². The molecule has 3 fully saturated rings. The van der Waals surface area contributed by atoms with Gasteiger partial charge in [0, 0.05) is 23.8 Å². The second kappa shape index (κ2) is 8.95. The number of hydrogen-bond donors (Lipinski definition) is 2. The molecule has 0 spiro atoms. The predicted molar refractivity (Wildman–Crippen MR) is 147 cm³/mol. The van der Waals surface area contributed by atoms with Crippen LogP contribution in [0.25, 0.3) is 10.9 Å². The minimum Gasteiger partial charge on any atom is -0.383 e. The van der Waals surface area contributed by atoms with Gasteiger partial charge in [0.2, 0.25) is 0 Å². The van der Waals surface area contributed by atoms with Crippen molar-refractivity contribution in [3.8, 4) is 6.07 Å². The number of fused-ring (bicyclic) bond motifs is 1. The molecule has 38 heavy (non-hydrogen) atoms. The smallest absolute Gasteiger partial charge is 0.123 e. The molecule has 0 amide bonds. The molecule has 0 saturated heterocycles. The first-order valence-electron chi connectivity index (χ1n) is 12.9. The first kappa shape index (κ1) is 24.6. The zero-order valence-corrected chi connectivity index (χ0v) is 22.3. The van der Waals surface area contributed by atoms with E-state index in [4.69, 9.17) is 11.6 Å². The van der Waals surface area contributed by atoms with Crippen LogP contribution < -0.4 is 10.6 Å². The summed E-state index contributed by atoms with van der Waals surface area (Å²) in [6.07, 6.45) is 7.03. The maximum atomic E-state index is 13.8. The summed E-state index contributed by atoms with van der Waals surface area (Å²) in [5.41, 5.74) is 4.20. The zero-order valence-electron chi connectivity index (χ0n) is 21.6. The van der Waals surface area contributed by atoms with Gasteiger partial charge in [-0.1, -0.05) is 49.7 Å². The van der Waals surface area contributed by atoms with Gasteiger partial charge in [-0.2, -0.15) is 5.26 Å². The topological polar surface area (TPSA) is 91.5 Å². The monoisotopic (exact) mass is 529 g/mol. The molecule has 7 rings (SSSR count). The van der Waals surface area contributed by atoms with Gasteiger partial charge in [0.25, 0.3) is 0 Å². The van der Waals surface area contributed by atoms with Crippen LogP contribution in [-0.4, -0.2) is 26.5 Å². The standard InChI is InChI=1S/C29H29ClFN7/c1-28(2,3)16-34-25-19(13-32)14-33-27-22(25)8-21(9-23(27)30)35-26(18-4-6-20(31)7-5-18)24-15-38(37-36-24)29-10-17(11-29)12-29/h4-9,14-15,17,26,35H,10-12,16H2,1-3H3,(H,33,34)/t17?,26-,29?/m0/s1. The van der Waals surface area contributed by atoms with Crippen LogP contribution in [0.4, 0.5) is 15.8 Å². The number of aromatic nitrogens is 4. The van der Waals surface area contributed by atoms with Crippen LogP contribution in [0, 0.1) is 28.5 Å². The number of nitrogens with one attached hydrogen (secondary N) is 2. The van der Waals surface area contributed by atoms with E-state index >= 15 is 0 Å². The molecule has 2 bridgehead atoms. The summed E-state index contributed by atoms with van der Waals surface area (Å²) in [4.78, 5) is 4.46. The number of hydrogen-bond acceptors (Lipinski definition) is 6. The van der Waals surface area contributed by atoms with Gasteiger partial charge >= 0.3 is 0 Å². The Hall–Kier alpha value is -3.70. The van der Waals surface area contributed by atoms with Crippen molar-refractivity contribution in [2.45, 2.75) is 51.6 Å². The van der Waals surface area contributed by atoms with E-state index in [1.54, 1.807) is 18.3 Å². The minimum atomic E-state index is -0.386. The highest BCUT2D eigenvalue weighted by Gasteiger charge is 2.58. The highest BCUT2D eigenvalue weighted by molar-refractivity contribution is 6.35. The summed E-state index contributed by atoms with van der Waals surface area (Å²) in [5, 5.41) is 27.0. The molecule has 4 aromatic rings. The number of nitriles is 1. The van der Waals surface area contributed by atoms with Gasteiger partial charge < -0.3 is 10.6 Å². The Labute approximate surface area is 226 Å². The molecule has 0 radical (unpaired) electrons. The fourth-order valence-corrected chi connectivity index (χ4v) is 5.74. The molecule has 1 atom stereocenters. The second-order valence-electron chi connectivity index (χ2n) is 11.8. The molecular weight excluding hydrogens is 501 g/mol. The van der Waals surface area contributed by atoms with Crippen LogP contribution in [0.1, 0.15) is 62.9 Å². The molecule has 7 nitrogen and oxygen atoms in total. The summed E-state index contributed by atoms with van der Waals surface area (Å²) in [7, 11) is 0. The number of pyridine rings is 1. The lowest BCUT2D eigenvalue weighted by Crippen LogP contribution is -2.59. The first-order chi connectivity index (χ1) is 18.1. The van der Waals surface area contributed by atoms with Crippen molar-refractivity contribution in [1.29, 1.82) is 5.26 Å². The van der Waals surface area contributed by atoms with Gasteiger partial charge in [0.15, 0.2) is 0 Å². The molecule has 2 aromatic carbocycles. The zero-order chi connectivity index (χ0) is 26.7. The van der Waals surface area contributed by atoms with Crippen molar-refractivity contribution in [3.63, 3.8) is 0 Å². The summed E-state index contributed by atoms with van der Waals surface area (Å²) in [6.45, 7) is 7.05. The van der Waals surface area contributed by atoms with Crippen LogP contribution >= 0.6 is 11.6 Å². The van der Waals surface area contributed by atoms with E-state index in [-0.39, 0.29) is 22.8 Å². The van der Waals surface area contributed by atoms with E-state index in [1.165, 1.54) is 12.1 Å². The molecule has 2 aromatic heterocycles. The van der Waals surface area contributed by atoms with Gasteiger partial charge in [-0.25, -0.2) is 9.07 Å². The van der Waals surface area contributed by atoms with E-state index in [1.807, 2.05) is 23.0 Å². The molecule has 2 heterocycles. The van der Waals surface area contributed by atoms with Crippen LogP contribution in [0.3, 0.4) is 0 Å². The summed E-state index contributed by atoms with van der Waals surface area (Å²) >= 11 is 6.72. The molecule has 3 aliphatic carbocycles. The van der Waals surface area contributed by atoms with Gasteiger partial charge in [-0.3, -0.25) is 4.98 Å². The fraction of sp³-hybridized carbons (Fsp3) is 0.379. The van der Waals surface area contributed by atoms with Crippen molar-refractivity contribution >= 4 is 33.9 Å². The number of benzene rings is 2. The molecule has 0 aliphatic heterocycles. The van der Waals surface area contributed by atoms with Gasteiger partial charge in [-0.15, -0.1) is 5.10 Å². The Morgan fingerprint density at radius 1 is 1.21 bits per heavy atom. The Bertz CT molecular complexity index is 1550. The van der Waals surface area contributed by atoms with Crippen LogP contribution in [-0.2, 0) is 5.54 Å². The fourth-order valence-electron chi connectivity index (χ4n) is 5.48. The van der Waals surface area contributed by atoms with Crippen molar-refractivity contribution < 1.29 is 4.39 Å². The normalized spacial score (nSPS) is 20.8. The SMILES string of the molecule is CC(C)(C)CNc1c(C#N)cnc2c(Cl)cc(N[C@@H](c3ccc(F)cc3)c3cn(C45CC(C4)C5)nn3)cc12. The van der Waals surface area contributed by atoms with Crippen LogP contribution in [0.15, 0.2) is 48.8 Å². The summed E-state index contributed by atoms with van der Waals surface area (Å²) in [5.74, 6) is 0.518. The summed E-state index contributed by atoms with van der Waals surface area (Å²) < 4.78 is 15.8. The van der Waals surface area contributed by atoms with Crippen LogP contribution in [0.5, 0.6) is 0 Å². The lowest BCUT2D eigenvalue weighted by molar-refractivity contribution is -0.0989. The highest BCUT2D eigenvalue weighted by Crippen LogP contribution is 2.62. The molecule has 0 unspecified atom stereocenters. The third-order valence-corrected chi connectivity index (χ3v) is 7.94. The minimum absolute atomic E-state index is 0.00186. The van der Waals surface area contributed by atoms with Crippen molar-refractivity contribution in [3.05, 3.63) is 76.5 Å². The van der Waals surface area contributed by atoms with Gasteiger partial charge in [-0.05, 0) is 60.4 Å². The Morgan fingerprint density at radius 2 is 1.95 bits per heavy atom. The Balaban J connectivity index is 1.40. The molecule has 9 heteroatoms. The lowest BCUT2D eigenvalue weighted by Gasteiger charge is -2.61. The highest BCUT2D eigenvalue weighted by atomic mass is 35.5. The quantitative estimate of drug-likeness (QED) is 0.278. The first-order valence-corrected chi connectivity index (χ1v) is 13.2. The number of rotatable bonds is 7. The second-order valence-corrected chi connectivity index (χ2v) is 12.3. The Morgan fingerprint density at radius 3 is 2.58 bits per heavy atom. The largest absolute Gasteiger partial charge is 0.383 e. The molecule has 3 aliphatic rings. The number of nitrogens with zero attached hydrogens (tertiary/aromatic N) is 5. The van der Waals surface area contributed by atoms with Crippen LogP contribution in [0.2, 0.25) is 5.02 Å². The van der Waals surface area contributed by atoms with Crippen molar-refractivity contribution in [1.82, 2.24) is 20.0 Å². The van der Waals surface area contributed by atoms with E-state index in [9.17, 15) is 9.65 Å². The summed E-state index contributed by atoms with van der Waals surface area (Å²) in [6, 6.07) is 12.0. The number of halogens is 2. The average molecular weight is 530 g/mol. The maximum Gasteiger partial charge on any atom is 0.123 e. The Kier molecular flexibility index (Phi) is 5.80. The molecule has 2 N–H and O–H groups in total. The lowest BCUT2D eigenvalue weighted by atomic mass is 9.50. The predicted octanol–water partition coefficient (Wildman–Crippen LogP) is 6.66. The van der Waals surface area contributed by atoms with E-state index in [2.05, 4.69) is 52.8 Å². The van der Waals surface area contributed by atoms with Crippen molar-refractivity contribution in [2.75, 3.05) is 17.2 Å². The third-order valence-electron chi connectivity index (χ3n) is 7.65.